The lowest BCUT2D eigenvalue weighted by molar-refractivity contribution is 0.309. The summed E-state index contributed by atoms with van der Waals surface area (Å²) in [5.41, 5.74) is 3.23. The summed E-state index contributed by atoms with van der Waals surface area (Å²) in [6, 6.07) is 16.3. The molecule has 0 aliphatic rings. The number of rotatable bonds is 4. The molecule has 0 bridgehead atoms. The Bertz CT molecular complexity index is 716. The maximum Gasteiger partial charge on any atom is 0.147 e. The van der Waals surface area contributed by atoms with Crippen LogP contribution in [0.4, 0.5) is 0 Å². The summed E-state index contributed by atoms with van der Waals surface area (Å²) in [5, 5.41) is 0. The SMILES string of the molecule is CCc1nc2c(OCc3ccccc3)cccc2n1C. The van der Waals surface area contributed by atoms with Crippen LogP contribution in [0.25, 0.3) is 11.0 Å². The van der Waals surface area contributed by atoms with Crippen LogP contribution in [-0.2, 0) is 20.1 Å². The molecular formula is C17H18N2O. The lowest BCUT2D eigenvalue weighted by atomic mass is 10.2. The van der Waals surface area contributed by atoms with Crippen molar-refractivity contribution in [2.75, 3.05) is 0 Å². The first-order valence-electron chi connectivity index (χ1n) is 6.90. The molecule has 0 N–H and O–H groups in total. The van der Waals surface area contributed by atoms with E-state index in [4.69, 9.17) is 4.74 Å². The Labute approximate surface area is 118 Å². The Morgan fingerprint density at radius 1 is 1.05 bits per heavy atom. The van der Waals surface area contributed by atoms with Crippen molar-refractivity contribution in [2.45, 2.75) is 20.0 Å². The van der Waals surface area contributed by atoms with Crippen LogP contribution >= 0.6 is 0 Å². The zero-order valence-corrected chi connectivity index (χ0v) is 11.8. The van der Waals surface area contributed by atoms with Crippen LogP contribution in [0.3, 0.4) is 0 Å². The van der Waals surface area contributed by atoms with Crippen molar-refractivity contribution in [1.82, 2.24) is 9.55 Å². The van der Waals surface area contributed by atoms with Gasteiger partial charge in [0.05, 0.1) is 5.52 Å². The van der Waals surface area contributed by atoms with Crippen LogP contribution in [-0.4, -0.2) is 9.55 Å². The fraction of sp³-hybridized carbons (Fsp3) is 0.235. The zero-order chi connectivity index (χ0) is 13.9. The van der Waals surface area contributed by atoms with Crippen LogP contribution in [0.15, 0.2) is 48.5 Å². The minimum Gasteiger partial charge on any atom is -0.487 e. The number of benzene rings is 2. The number of ether oxygens (including phenoxy) is 1. The molecule has 0 amide bonds. The molecule has 0 saturated heterocycles. The first-order valence-corrected chi connectivity index (χ1v) is 6.90. The van der Waals surface area contributed by atoms with E-state index >= 15 is 0 Å². The van der Waals surface area contributed by atoms with Gasteiger partial charge >= 0.3 is 0 Å². The molecule has 0 unspecified atom stereocenters. The van der Waals surface area contributed by atoms with Crippen molar-refractivity contribution in [3.63, 3.8) is 0 Å². The molecule has 3 nitrogen and oxygen atoms in total. The van der Waals surface area contributed by atoms with Crippen molar-refractivity contribution < 1.29 is 4.74 Å². The predicted octanol–water partition coefficient (Wildman–Crippen LogP) is 3.71. The molecule has 0 spiro atoms. The van der Waals surface area contributed by atoms with Gasteiger partial charge in [0.1, 0.15) is 23.7 Å². The average Bonchev–Trinajstić information content (AvgIpc) is 2.83. The Morgan fingerprint density at radius 2 is 1.85 bits per heavy atom. The molecule has 0 aliphatic heterocycles. The molecule has 3 aromatic rings. The van der Waals surface area contributed by atoms with Gasteiger partial charge in [0, 0.05) is 13.5 Å². The van der Waals surface area contributed by atoms with Gasteiger partial charge in [-0.15, -0.1) is 0 Å². The topological polar surface area (TPSA) is 27.1 Å². The normalized spacial score (nSPS) is 10.9. The number of imidazole rings is 1. The highest BCUT2D eigenvalue weighted by atomic mass is 16.5. The van der Waals surface area contributed by atoms with Gasteiger partial charge in [0.15, 0.2) is 0 Å². The molecule has 2 aromatic carbocycles. The highest BCUT2D eigenvalue weighted by molar-refractivity contribution is 5.82. The monoisotopic (exact) mass is 266 g/mol. The largest absolute Gasteiger partial charge is 0.487 e. The summed E-state index contributed by atoms with van der Waals surface area (Å²) in [6.07, 6.45) is 0.920. The lowest BCUT2D eigenvalue weighted by Gasteiger charge is -2.07. The smallest absolute Gasteiger partial charge is 0.147 e. The van der Waals surface area contributed by atoms with E-state index in [1.54, 1.807) is 0 Å². The van der Waals surface area contributed by atoms with Gasteiger partial charge in [0.25, 0.3) is 0 Å². The Morgan fingerprint density at radius 3 is 2.60 bits per heavy atom. The summed E-state index contributed by atoms with van der Waals surface area (Å²) >= 11 is 0. The number of para-hydroxylation sites is 1. The van der Waals surface area contributed by atoms with E-state index in [1.807, 2.05) is 30.3 Å². The van der Waals surface area contributed by atoms with Crippen LogP contribution < -0.4 is 4.74 Å². The van der Waals surface area contributed by atoms with Gasteiger partial charge in [-0.1, -0.05) is 43.3 Å². The van der Waals surface area contributed by atoms with Gasteiger partial charge < -0.3 is 9.30 Å². The van der Waals surface area contributed by atoms with Gasteiger partial charge in [-0.05, 0) is 17.7 Å². The highest BCUT2D eigenvalue weighted by Gasteiger charge is 2.10. The highest BCUT2D eigenvalue weighted by Crippen LogP contribution is 2.26. The van der Waals surface area contributed by atoms with Gasteiger partial charge in [-0.3, -0.25) is 0 Å². The van der Waals surface area contributed by atoms with Crippen LogP contribution in [0.2, 0.25) is 0 Å². The summed E-state index contributed by atoms with van der Waals surface area (Å²) in [7, 11) is 2.05. The van der Waals surface area contributed by atoms with E-state index in [2.05, 4.69) is 41.7 Å². The van der Waals surface area contributed by atoms with Crippen molar-refractivity contribution in [3.05, 3.63) is 59.9 Å². The van der Waals surface area contributed by atoms with Crippen LogP contribution in [0.1, 0.15) is 18.3 Å². The Kier molecular flexibility index (Phi) is 3.42. The summed E-state index contributed by atoms with van der Waals surface area (Å²) in [5.74, 6) is 1.93. The fourth-order valence-electron chi connectivity index (χ4n) is 2.40. The Balaban J connectivity index is 1.92. The third-order valence-electron chi connectivity index (χ3n) is 3.52. The van der Waals surface area contributed by atoms with Crippen molar-refractivity contribution in [3.8, 4) is 5.75 Å². The number of nitrogens with zero attached hydrogens (tertiary/aromatic N) is 2. The first kappa shape index (κ1) is 12.7. The molecule has 3 heteroatoms. The number of hydrogen-bond donors (Lipinski definition) is 0. The van der Waals surface area contributed by atoms with Gasteiger partial charge in [-0.25, -0.2) is 4.98 Å². The molecule has 0 saturated carbocycles. The molecule has 0 radical (unpaired) electrons. The minimum atomic E-state index is 0.567. The predicted molar refractivity (Wildman–Crippen MR) is 80.9 cm³/mol. The van der Waals surface area contributed by atoms with E-state index in [0.29, 0.717) is 6.61 Å². The molecule has 20 heavy (non-hydrogen) atoms. The summed E-state index contributed by atoms with van der Waals surface area (Å²) in [4.78, 5) is 4.68. The van der Waals surface area contributed by atoms with Crippen LogP contribution in [0.5, 0.6) is 5.75 Å². The molecule has 1 aromatic heterocycles. The second kappa shape index (κ2) is 5.37. The Hall–Kier alpha value is -2.29. The van der Waals surface area contributed by atoms with E-state index in [1.165, 1.54) is 0 Å². The quantitative estimate of drug-likeness (QED) is 0.719. The van der Waals surface area contributed by atoms with E-state index in [9.17, 15) is 0 Å². The third-order valence-corrected chi connectivity index (χ3v) is 3.52. The van der Waals surface area contributed by atoms with E-state index in [0.717, 1.165) is 34.6 Å². The first-order chi connectivity index (χ1) is 9.79. The van der Waals surface area contributed by atoms with Crippen molar-refractivity contribution in [2.24, 2.45) is 7.05 Å². The fourth-order valence-corrected chi connectivity index (χ4v) is 2.40. The molecule has 0 fully saturated rings. The second-order valence-electron chi connectivity index (χ2n) is 4.84. The number of aromatic nitrogens is 2. The minimum absolute atomic E-state index is 0.567. The molecular weight excluding hydrogens is 248 g/mol. The average molecular weight is 266 g/mol. The molecule has 3 rings (SSSR count). The maximum atomic E-state index is 5.94. The lowest BCUT2D eigenvalue weighted by Crippen LogP contribution is -1.95. The van der Waals surface area contributed by atoms with Gasteiger partial charge in [-0.2, -0.15) is 0 Å². The number of fused-ring (bicyclic) bond motifs is 1. The zero-order valence-electron chi connectivity index (χ0n) is 11.8. The maximum absolute atomic E-state index is 5.94. The molecule has 1 heterocycles. The van der Waals surface area contributed by atoms with E-state index < -0.39 is 0 Å². The van der Waals surface area contributed by atoms with Crippen molar-refractivity contribution >= 4 is 11.0 Å². The second-order valence-corrected chi connectivity index (χ2v) is 4.84. The third kappa shape index (κ3) is 2.27. The summed E-state index contributed by atoms with van der Waals surface area (Å²) in [6.45, 7) is 2.68. The number of aryl methyl sites for hydroxylation is 2. The van der Waals surface area contributed by atoms with Crippen LogP contribution in [0, 0.1) is 0 Å². The van der Waals surface area contributed by atoms with Gasteiger partial charge in [0.2, 0.25) is 0 Å². The molecule has 0 aliphatic carbocycles. The molecule has 102 valence electrons. The molecule has 0 atom stereocenters. The van der Waals surface area contributed by atoms with Crippen molar-refractivity contribution in [1.29, 1.82) is 0 Å². The standard InChI is InChI=1S/C17H18N2O/c1-3-16-18-17-14(19(16)2)10-7-11-15(17)20-12-13-8-5-4-6-9-13/h4-11H,3,12H2,1-2H3. The number of hydrogen-bond acceptors (Lipinski definition) is 2. The van der Waals surface area contributed by atoms with E-state index in [-0.39, 0.29) is 0 Å². The summed E-state index contributed by atoms with van der Waals surface area (Å²) < 4.78 is 8.07.